The SMILES string of the molecule is CN(C)C(=O)c1ccc(Cl)cc1N1CC(CS(=O)(=O)F)CC1=O. The third-order valence-corrected chi connectivity index (χ3v) is 4.63. The van der Waals surface area contributed by atoms with E-state index < -0.39 is 21.9 Å². The Morgan fingerprint density at radius 3 is 2.65 bits per heavy atom. The smallest absolute Gasteiger partial charge is 0.302 e. The van der Waals surface area contributed by atoms with Crippen molar-refractivity contribution in [2.75, 3.05) is 31.3 Å². The molecule has 0 bridgehead atoms. The Hall–Kier alpha value is -1.67. The monoisotopic (exact) mass is 362 g/mol. The number of benzene rings is 1. The molecule has 1 aromatic carbocycles. The first-order chi connectivity index (χ1) is 10.6. The van der Waals surface area contributed by atoms with Gasteiger partial charge in [-0.2, -0.15) is 8.42 Å². The van der Waals surface area contributed by atoms with Crippen molar-refractivity contribution < 1.29 is 21.9 Å². The van der Waals surface area contributed by atoms with E-state index >= 15 is 0 Å². The maximum atomic E-state index is 12.8. The minimum Gasteiger partial charge on any atom is -0.345 e. The van der Waals surface area contributed by atoms with E-state index in [1.165, 1.54) is 28.0 Å². The lowest BCUT2D eigenvalue weighted by Crippen LogP contribution is -2.30. The van der Waals surface area contributed by atoms with Crippen LogP contribution in [0.1, 0.15) is 16.8 Å². The predicted molar refractivity (Wildman–Crippen MR) is 84.8 cm³/mol. The molecule has 1 aliphatic rings. The van der Waals surface area contributed by atoms with E-state index in [0.29, 0.717) is 10.7 Å². The third kappa shape index (κ3) is 4.20. The fourth-order valence-electron chi connectivity index (χ4n) is 2.56. The Morgan fingerprint density at radius 1 is 1.43 bits per heavy atom. The topological polar surface area (TPSA) is 74.8 Å². The van der Waals surface area contributed by atoms with Gasteiger partial charge in [-0.3, -0.25) is 9.59 Å². The van der Waals surface area contributed by atoms with Crippen LogP contribution in [0.4, 0.5) is 9.57 Å². The summed E-state index contributed by atoms with van der Waals surface area (Å²) in [5, 5.41) is 0.338. The van der Waals surface area contributed by atoms with E-state index in [-0.39, 0.29) is 30.3 Å². The highest BCUT2D eigenvalue weighted by atomic mass is 35.5. The fraction of sp³-hybridized carbons (Fsp3) is 0.429. The molecule has 1 aliphatic heterocycles. The van der Waals surface area contributed by atoms with Crippen LogP contribution in [0.2, 0.25) is 5.02 Å². The molecule has 23 heavy (non-hydrogen) atoms. The van der Waals surface area contributed by atoms with Gasteiger partial charge in [0.1, 0.15) is 0 Å². The molecule has 2 amide bonds. The molecule has 0 N–H and O–H groups in total. The van der Waals surface area contributed by atoms with Crippen LogP contribution < -0.4 is 4.90 Å². The number of hydrogen-bond acceptors (Lipinski definition) is 4. The number of amides is 2. The quantitative estimate of drug-likeness (QED) is 0.764. The lowest BCUT2D eigenvalue weighted by molar-refractivity contribution is -0.117. The van der Waals surface area contributed by atoms with Gasteiger partial charge in [0.15, 0.2) is 0 Å². The van der Waals surface area contributed by atoms with Gasteiger partial charge in [-0.05, 0) is 18.2 Å². The van der Waals surface area contributed by atoms with Gasteiger partial charge >= 0.3 is 10.2 Å². The van der Waals surface area contributed by atoms with Gasteiger partial charge in [-0.25, -0.2) is 0 Å². The summed E-state index contributed by atoms with van der Waals surface area (Å²) in [6, 6.07) is 4.51. The van der Waals surface area contributed by atoms with Crippen molar-refractivity contribution in [1.82, 2.24) is 4.90 Å². The minimum absolute atomic E-state index is 0.0238. The lowest BCUT2D eigenvalue weighted by atomic mass is 10.1. The van der Waals surface area contributed by atoms with Gasteiger partial charge in [-0.1, -0.05) is 11.6 Å². The fourth-order valence-corrected chi connectivity index (χ4v) is 3.51. The number of hydrogen-bond donors (Lipinski definition) is 0. The molecule has 0 radical (unpaired) electrons. The van der Waals surface area contributed by atoms with Crippen molar-refractivity contribution in [1.29, 1.82) is 0 Å². The zero-order valence-electron chi connectivity index (χ0n) is 12.6. The summed E-state index contributed by atoms with van der Waals surface area (Å²) in [5.41, 5.74) is 0.580. The molecule has 0 aliphatic carbocycles. The van der Waals surface area contributed by atoms with Crippen LogP contribution in [0.5, 0.6) is 0 Å². The Bertz CT molecular complexity index is 751. The van der Waals surface area contributed by atoms with Crippen molar-refractivity contribution in [2.45, 2.75) is 6.42 Å². The minimum atomic E-state index is -4.66. The molecule has 1 fully saturated rings. The zero-order chi connectivity index (χ0) is 17.4. The molecule has 0 spiro atoms. The van der Waals surface area contributed by atoms with Crippen molar-refractivity contribution >= 4 is 39.3 Å². The number of halogens is 2. The summed E-state index contributed by atoms with van der Waals surface area (Å²) in [6.45, 7) is 0.0238. The largest absolute Gasteiger partial charge is 0.345 e. The van der Waals surface area contributed by atoms with Crippen LogP contribution in [0.15, 0.2) is 18.2 Å². The third-order valence-electron chi connectivity index (χ3n) is 3.53. The predicted octanol–water partition coefficient (Wildman–Crippen LogP) is 1.69. The van der Waals surface area contributed by atoms with Crippen LogP contribution >= 0.6 is 11.6 Å². The van der Waals surface area contributed by atoms with E-state index in [1.807, 2.05) is 0 Å². The zero-order valence-corrected chi connectivity index (χ0v) is 14.2. The number of anilines is 1. The van der Waals surface area contributed by atoms with Crippen LogP contribution in [0, 0.1) is 5.92 Å². The molecule has 1 saturated heterocycles. The second-order valence-corrected chi connectivity index (χ2v) is 7.49. The Morgan fingerprint density at radius 2 is 2.09 bits per heavy atom. The summed E-state index contributed by atoms with van der Waals surface area (Å²) in [4.78, 5) is 27.1. The second kappa shape index (κ2) is 6.45. The van der Waals surface area contributed by atoms with Gasteiger partial charge in [0, 0.05) is 38.0 Å². The molecular weight excluding hydrogens is 347 g/mol. The average molecular weight is 363 g/mol. The average Bonchev–Trinajstić information content (AvgIpc) is 2.76. The number of carbonyl (C=O) groups is 2. The van der Waals surface area contributed by atoms with Gasteiger partial charge in [-0.15, -0.1) is 3.89 Å². The van der Waals surface area contributed by atoms with Gasteiger partial charge in [0.2, 0.25) is 5.91 Å². The Labute approximate surface area is 139 Å². The molecule has 1 atom stereocenters. The van der Waals surface area contributed by atoms with Gasteiger partial charge < -0.3 is 9.80 Å². The van der Waals surface area contributed by atoms with Crippen LogP contribution in [0.3, 0.4) is 0 Å². The molecule has 6 nitrogen and oxygen atoms in total. The standard InChI is InChI=1S/C14H16ClFN2O4S/c1-17(2)14(20)11-4-3-10(15)6-12(11)18-7-9(5-13(18)19)8-23(16,21)22/h3-4,6,9H,5,7-8H2,1-2H3. The Kier molecular flexibility index (Phi) is 4.95. The normalized spacial score (nSPS) is 18.3. The molecule has 2 rings (SSSR count). The Balaban J connectivity index is 2.36. The van der Waals surface area contributed by atoms with E-state index in [1.54, 1.807) is 14.1 Å². The summed E-state index contributed by atoms with van der Waals surface area (Å²) in [5.74, 6) is -2.05. The lowest BCUT2D eigenvalue weighted by Gasteiger charge is -2.22. The van der Waals surface area contributed by atoms with Crippen LogP contribution in [-0.4, -0.2) is 51.5 Å². The van der Waals surface area contributed by atoms with Crippen LogP contribution in [-0.2, 0) is 15.0 Å². The number of rotatable bonds is 4. The maximum Gasteiger partial charge on any atom is 0.302 e. The van der Waals surface area contributed by atoms with Crippen molar-refractivity contribution in [2.24, 2.45) is 5.92 Å². The van der Waals surface area contributed by atoms with E-state index in [2.05, 4.69) is 0 Å². The molecule has 0 aromatic heterocycles. The highest BCUT2D eigenvalue weighted by Gasteiger charge is 2.35. The first-order valence-corrected chi connectivity index (χ1v) is 8.75. The molecule has 0 saturated carbocycles. The summed E-state index contributed by atoms with van der Waals surface area (Å²) in [7, 11) is -1.52. The summed E-state index contributed by atoms with van der Waals surface area (Å²) < 4.78 is 34.4. The van der Waals surface area contributed by atoms with E-state index in [9.17, 15) is 21.9 Å². The molecule has 1 unspecified atom stereocenters. The van der Waals surface area contributed by atoms with Crippen LogP contribution in [0.25, 0.3) is 0 Å². The highest BCUT2D eigenvalue weighted by molar-refractivity contribution is 7.86. The summed E-state index contributed by atoms with van der Waals surface area (Å²) >= 11 is 5.95. The van der Waals surface area contributed by atoms with E-state index in [0.717, 1.165) is 0 Å². The maximum absolute atomic E-state index is 12.8. The molecule has 126 valence electrons. The van der Waals surface area contributed by atoms with Gasteiger partial charge in [0.25, 0.3) is 5.91 Å². The molecule has 1 aromatic rings. The summed E-state index contributed by atoms with van der Waals surface area (Å²) in [6.07, 6.45) is -0.0920. The van der Waals surface area contributed by atoms with Crippen molar-refractivity contribution in [3.05, 3.63) is 28.8 Å². The first-order valence-electron chi connectivity index (χ1n) is 6.82. The number of carbonyl (C=O) groups excluding carboxylic acids is 2. The number of nitrogens with zero attached hydrogens (tertiary/aromatic N) is 2. The molecule has 1 heterocycles. The van der Waals surface area contributed by atoms with Gasteiger partial charge in [0.05, 0.1) is 17.0 Å². The van der Waals surface area contributed by atoms with E-state index in [4.69, 9.17) is 11.6 Å². The molecule has 9 heteroatoms. The first kappa shape index (κ1) is 17.7. The highest BCUT2D eigenvalue weighted by Crippen LogP contribution is 2.31. The second-order valence-electron chi connectivity index (χ2n) is 5.64. The van der Waals surface area contributed by atoms with Crippen molar-refractivity contribution in [3.63, 3.8) is 0 Å². The molecular formula is C14H16ClFN2O4S. The van der Waals surface area contributed by atoms with Crippen molar-refractivity contribution in [3.8, 4) is 0 Å².